The van der Waals surface area contributed by atoms with Crippen molar-refractivity contribution in [2.75, 3.05) is 0 Å². The predicted octanol–water partition coefficient (Wildman–Crippen LogP) is 1.91. The highest BCUT2D eigenvalue weighted by molar-refractivity contribution is 7.10. The van der Waals surface area contributed by atoms with Crippen molar-refractivity contribution in [3.63, 3.8) is 0 Å². The Bertz CT molecular complexity index is 210. The van der Waals surface area contributed by atoms with Crippen LogP contribution in [0, 0.1) is 0 Å². The molecule has 0 aliphatic rings. The lowest BCUT2D eigenvalue weighted by Crippen LogP contribution is -2.27. The van der Waals surface area contributed by atoms with Crippen molar-refractivity contribution in [3.05, 3.63) is 22.4 Å². The molecule has 2 nitrogen and oxygen atoms in total. The van der Waals surface area contributed by atoms with Gasteiger partial charge in [-0.15, -0.1) is 11.3 Å². The van der Waals surface area contributed by atoms with Gasteiger partial charge in [-0.3, -0.25) is 0 Å². The van der Waals surface area contributed by atoms with E-state index in [-0.39, 0.29) is 6.04 Å². The third-order valence-corrected chi connectivity index (χ3v) is 2.81. The quantitative estimate of drug-likeness (QED) is 0.752. The average molecular weight is 185 g/mol. The number of aliphatic hydroxyl groups excluding tert-OH is 1. The lowest BCUT2D eigenvalue weighted by atomic mass is 10.1. The van der Waals surface area contributed by atoms with Gasteiger partial charge in [-0.05, 0) is 17.9 Å². The first-order chi connectivity index (χ1) is 5.75. The smallest absolute Gasteiger partial charge is 0.103 e. The number of hydrogen-bond donors (Lipinski definition) is 2. The summed E-state index contributed by atoms with van der Waals surface area (Å²) in [5.74, 6) is 0. The molecule has 2 atom stereocenters. The Morgan fingerprint density at radius 1 is 1.67 bits per heavy atom. The summed E-state index contributed by atoms with van der Waals surface area (Å²) < 4.78 is 0. The molecule has 1 aromatic heterocycles. The van der Waals surface area contributed by atoms with Crippen LogP contribution in [0.15, 0.2) is 17.5 Å². The van der Waals surface area contributed by atoms with Crippen molar-refractivity contribution >= 4 is 11.3 Å². The van der Waals surface area contributed by atoms with Crippen LogP contribution in [0.3, 0.4) is 0 Å². The molecule has 12 heavy (non-hydrogen) atoms. The molecule has 3 N–H and O–H groups in total. The van der Waals surface area contributed by atoms with Gasteiger partial charge < -0.3 is 10.8 Å². The fraction of sp³-hybridized carbons (Fsp3) is 0.556. The highest BCUT2D eigenvalue weighted by Crippen LogP contribution is 2.22. The van der Waals surface area contributed by atoms with Crippen LogP contribution in [-0.4, -0.2) is 11.1 Å². The van der Waals surface area contributed by atoms with Crippen LogP contribution in [0.2, 0.25) is 0 Å². The largest absolute Gasteiger partial charge is 0.386 e. The second kappa shape index (κ2) is 4.60. The minimum atomic E-state index is -0.482. The summed E-state index contributed by atoms with van der Waals surface area (Å²) in [5.41, 5.74) is 5.78. The average Bonchev–Trinajstić information content (AvgIpc) is 2.55. The number of thiophene rings is 1. The fourth-order valence-corrected chi connectivity index (χ4v) is 1.95. The molecular weight excluding hydrogens is 170 g/mol. The second-order valence-electron chi connectivity index (χ2n) is 2.91. The molecule has 1 aromatic rings. The zero-order valence-electron chi connectivity index (χ0n) is 7.23. The predicted molar refractivity (Wildman–Crippen MR) is 52.2 cm³/mol. The molecule has 0 saturated carbocycles. The van der Waals surface area contributed by atoms with Crippen molar-refractivity contribution in [2.45, 2.75) is 31.9 Å². The van der Waals surface area contributed by atoms with E-state index in [1.807, 2.05) is 17.5 Å². The van der Waals surface area contributed by atoms with Crippen molar-refractivity contribution < 1.29 is 5.11 Å². The van der Waals surface area contributed by atoms with Gasteiger partial charge in [-0.2, -0.15) is 0 Å². The van der Waals surface area contributed by atoms with Crippen molar-refractivity contribution in [1.29, 1.82) is 0 Å². The molecule has 0 aliphatic heterocycles. The summed E-state index contributed by atoms with van der Waals surface area (Å²) >= 11 is 1.56. The number of aliphatic hydroxyl groups is 1. The minimum Gasteiger partial charge on any atom is -0.386 e. The van der Waals surface area contributed by atoms with Crippen molar-refractivity contribution in [3.8, 4) is 0 Å². The van der Waals surface area contributed by atoms with Gasteiger partial charge in [0.1, 0.15) is 6.10 Å². The third-order valence-electron chi connectivity index (χ3n) is 1.86. The summed E-state index contributed by atoms with van der Waals surface area (Å²) in [6.45, 7) is 2.07. The highest BCUT2D eigenvalue weighted by atomic mass is 32.1. The van der Waals surface area contributed by atoms with Crippen LogP contribution in [0.25, 0.3) is 0 Å². The van der Waals surface area contributed by atoms with E-state index >= 15 is 0 Å². The van der Waals surface area contributed by atoms with E-state index in [1.165, 1.54) is 0 Å². The van der Waals surface area contributed by atoms with Crippen LogP contribution < -0.4 is 5.73 Å². The van der Waals surface area contributed by atoms with Crippen LogP contribution >= 0.6 is 11.3 Å². The standard InChI is InChI=1S/C9H15NOS/c1-2-4-7(10)9(11)8-5-3-6-12-8/h3,5-7,9,11H,2,4,10H2,1H3. The molecule has 0 aromatic carbocycles. The Morgan fingerprint density at radius 2 is 2.42 bits per heavy atom. The number of nitrogens with two attached hydrogens (primary N) is 1. The maximum atomic E-state index is 9.69. The van der Waals surface area contributed by atoms with E-state index in [0.29, 0.717) is 0 Å². The maximum Gasteiger partial charge on any atom is 0.103 e. The Morgan fingerprint density at radius 3 is 2.92 bits per heavy atom. The molecular formula is C9H15NOS. The van der Waals surface area contributed by atoms with Crippen LogP contribution in [0.4, 0.5) is 0 Å². The SMILES string of the molecule is CCCC(N)C(O)c1cccs1. The van der Waals surface area contributed by atoms with Crippen molar-refractivity contribution in [2.24, 2.45) is 5.73 Å². The molecule has 1 heterocycles. The molecule has 0 aliphatic carbocycles. The molecule has 0 fully saturated rings. The van der Waals surface area contributed by atoms with Gasteiger partial charge in [0.2, 0.25) is 0 Å². The monoisotopic (exact) mass is 185 g/mol. The summed E-state index contributed by atoms with van der Waals surface area (Å²) in [4.78, 5) is 0.968. The maximum absolute atomic E-state index is 9.69. The molecule has 0 amide bonds. The van der Waals surface area contributed by atoms with E-state index in [4.69, 9.17) is 5.73 Å². The van der Waals surface area contributed by atoms with Gasteiger partial charge in [-0.25, -0.2) is 0 Å². The molecule has 68 valence electrons. The van der Waals surface area contributed by atoms with Crippen LogP contribution in [0.5, 0.6) is 0 Å². The van der Waals surface area contributed by atoms with Crippen LogP contribution in [0.1, 0.15) is 30.7 Å². The second-order valence-corrected chi connectivity index (χ2v) is 3.89. The molecule has 0 bridgehead atoms. The zero-order chi connectivity index (χ0) is 8.97. The lowest BCUT2D eigenvalue weighted by Gasteiger charge is -2.16. The summed E-state index contributed by atoms with van der Waals surface area (Å²) in [6.07, 6.45) is 1.41. The van der Waals surface area contributed by atoms with Gasteiger partial charge in [0.25, 0.3) is 0 Å². The lowest BCUT2D eigenvalue weighted by molar-refractivity contribution is 0.145. The molecule has 0 saturated heterocycles. The molecule has 3 heteroatoms. The molecule has 0 spiro atoms. The Kier molecular flexibility index (Phi) is 3.72. The zero-order valence-corrected chi connectivity index (χ0v) is 8.05. The van der Waals surface area contributed by atoms with E-state index in [9.17, 15) is 5.11 Å². The number of hydrogen-bond acceptors (Lipinski definition) is 3. The van der Waals surface area contributed by atoms with Gasteiger partial charge in [0.15, 0.2) is 0 Å². The first-order valence-corrected chi connectivity index (χ1v) is 5.10. The van der Waals surface area contributed by atoms with E-state index in [1.54, 1.807) is 11.3 Å². The number of rotatable bonds is 4. The van der Waals surface area contributed by atoms with Crippen LogP contribution in [-0.2, 0) is 0 Å². The Balaban J connectivity index is 2.53. The topological polar surface area (TPSA) is 46.2 Å². The van der Waals surface area contributed by atoms with Gasteiger partial charge in [0.05, 0.1) is 0 Å². The van der Waals surface area contributed by atoms with Gasteiger partial charge in [0, 0.05) is 10.9 Å². The molecule has 1 rings (SSSR count). The summed E-state index contributed by atoms with van der Waals surface area (Å²) in [5, 5.41) is 11.7. The summed E-state index contributed by atoms with van der Waals surface area (Å²) in [6, 6.07) is 3.74. The van der Waals surface area contributed by atoms with Gasteiger partial charge >= 0.3 is 0 Å². The Hall–Kier alpha value is -0.380. The first kappa shape index (κ1) is 9.71. The highest BCUT2D eigenvalue weighted by Gasteiger charge is 2.16. The third kappa shape index (κ3) is 2.30. The minimum absolute atomic E-state index is 0.117. The van der Waals surface area contributed by atoms with Crippen molar-refractivity contribution in [1.82, 2.24) is 0 Å². The normalized spacial score (nSPS) is 15.9. The summed E-state index contributed by atoms with van der Waals surface area (Å²) in [7, 11) is 0. The molecule has 2 unspecified atom stereocenters. The van der Waals surface area contributed by atoms with Gasteiger partial charge in [-0.1, -0.05) is 19.4 Å². The van der Waals surface area contributed by atoms with E-state index in [0.717, 1.165) is 17.7 Å². The fourth-order valence-electron chi connectivity index (χ4n) is 1.16. The van der Waals surface area contributed by atoms with E-state index < -0.39 is 6.10 Å². The Labute approximate surface area is 77.0 Å². The molecule has 0 radical (unpaired) electrons. The first-order valence-electron chi connectivity index (χ1n) is 4.22. The van der Waals surface area contributed by atoms with E-state index in [2.05, 4.69) is 6.92 Å².